The molecule has 1 aliphatic heterocycles. The lowest BCUT2D eigenvalue weighted by atomic mass is 10.2. The summed E-state index contributed by atoms with van der Waals surface area (Å²) in [6, 6.07) is 14.0. The van der Waals surface area contributed by atoms with Gasteiger partial charge >= 0.3 is 0 Å². The number of methoxy groups -OCH3 is 1. The van der Waals surface area contributed by atoms with Gasteiger partial charge in [-0.15, -0.1) is 0 Å². The van der Waals surface area contributed by atoms with Gasteiger partial charge in [-0.25, -0.2) is 8.42 Å². The van der Waals surface area contributed by atoms with Crippen LogP contribution in [0.25, 0.3) is 6.08 Å². The molecule has 3 rings (SSSR count). The van der Waals surface area contributed by atoms with E-state index in [-0.39, 0.29) is 23.9 Å². The summed E-state index contributed by atoms with van der Waals surface area (Å²) in [4.78, 5) is 14.3. The van der Waals surface area contributed by atoms with Crippen molar-refractivity contribution in [1.29, 1.82) is 0 Å². The Morgan fingerprint density at radius 3 is 2.36 bits per heavy atom. The highest BCUT2D eigenvalue weighted by Crippen LogP contribution is 2.21. The van der Waals surface area contributed by atoms with Crippen LogP contribution in [-0.2, 0) is 14.8 Å². The van der Waals surface area contributed by atoms with Gasteiger partial charge in [-0.2, -0.15) is 4.31 Å². The lowest BCUT2D eigenvalue weighted by Gasteiger charge is -2.33. The van der Waals surface area contributed by atoms with Crippen LogP contribution < -0.4 is 4.74 Å². The Bertz CT molecular complexity index is 966. The van der Waals surface area contributed by atoms with Gasteiger partial charge in [-0.05, 0) is 42.0 Å². The number of nitrogens with zero attached hydrogens (tertiary/aromatic N) is 2. The number of carbonyl (C=O) groups excluding carboxylic acids is 1. The Kier molecular flexibility index (Phi) is 6.53. The molecule has 0 N–H and O–H groups in total. The van der Waals surface area contributed by atoms with Crippen molar-refractivity contribution in [1.82, 2.24) is 9.21 Å². The zero-order valence-corrected chi connectivity index (χ0v) is 17.8. The minimum atomic E-state index is -3.56. The molecule has 0 bridgehead atoms. The van der Waals surface area contributed by atoms with Crippen LogP contribution in [0.15, 0.2) is 64.0 Å². The largest absolute Gasteiger partial charge is 0.497 e. The topological polar surface area (TPSA) is 66.9 Å². The molecule has 1 fully saturated rings. The second-order valence-electron chi connectivity index (χ2n) is 6.29. The third-order valence-electron chi connectivity index (χ3n) is 4.52. The summed E-state index contributed by atoms with van der Waals surface area (Å²) < 4.78 is 32.8. The lowest BCUT2D eigenvalue weighted by molar-refractivity contribution is -0.127. The molecule has 0 spiro atoms. The predicted molar refractivity (Wildman–Crippen MR) is 112 cm³/mol. The van der Waals surface area contributed by atoms with Gasteiger partial charge in [-0.3, -0.25) is 4.79 Å². The summed E-state index contributed by atoms with van der Waals surface area (Å²) in [7, 11) is -1.96. The summed E-state index contributed by atoms with van der Waals surface area (Å²) in [5.41, 5.74) is 0.894. The summed E-state index contributed by atoms with van der Waals surface area (Å²) in [5, 5.41) is 0. The highest BCUT2D eigenvalue weighted by atomic mass is 79.9. The standard InChI is InChI=1S/C20H21BrN2O4S/c1-27-18-8-5-16(6-9-18)7-10-20(24)22-11-13-23(14-12-22)28(25,26)19-4-2-3-17(21)15-19/h2-10,15H,11-14H2,1H3/b10-7+. The van der Waals surface area contributed by atoms with Gasteiger partial charge in [0.15, 0.2) is 0 Å². The number of hydrogen-bond donors (Lipinski definition) is 0. The average molecular weight is 465 g/mol. The Labute approximate surface area is 173 Å². The molecule has 0 saturated carbocycles. The van der Waals surface area contributed by atoms with Crippen LogP contribution >= 0.6 is 15.9 Å². The van der Waals surface area contributed by atoms with Crippen LogP contribution in [0.1, 0.15) is 5.56 Å². The molecule has 0 aliphatic carbocycles. The van der Waals surface area contributed by atoms with Crippen LogP contribution in [0.2, 0.25) is 0 Å². The minimum absolute atomic E-state index is 0.129. The van der Waals surface area contributed by atoms with Crippen molar-refractivity contribution in [3.8, 4) is 5.75 Å². The number of piperazine rings is 1. The Balaban J connectivity index is 1.59. The molecule has 2 aromatic carbocycles. The van der Waals surface area contributed by atoms with Crippen molar-refractivity contribution in [2.45, 2.75) is 4.90 Å². The molecule has 1 amide bonds. The SMILES string of the molecule is COc1ccc(/C=C/C(=O)N2CCN(S(=O)(=O)c3cccc(Br)c3)CC2)cc1. The molecule has 148 valence electrons. The third kappa shape index (κ3) is 4.81. The van der Waals surface area contributed by atoms with Gasteiger partial charge in [0.05, 0.1) is 12.0 Å². The number of ether oxygens (including phenoxy) is 1. The van der Waals surface area contributed by atoms with Crippen molar-refractivity contribution in [3.05, 3.63) is 64.6 Å². The van der Waals surface area contributed by atoms with Crippen molar-refractivity contribution in [2.75, 3.05) is 33.3 Å². The molecule has 0 radical (unpaired) electrons. The third-order valence-corrected chi connectivity index (χ3v) is 6.91. The van der Waals surface area contributed by atoms with E-state index < -0.39 is 10.0 Å². The number of sulfonamides is 1. The van der Waals surface area contributed by atoms with Gasteiger partial charge in [0.25, 0.3) is 0 Å². The van der Waals surface area contributed by atoms with E-state index >= 15 is 0 Å². The zero-order valence-electron chi connectivity index (χ0n) is 15.4. The number of halogens is 1. The molecular formula is C20H21BrN2O4S. The highest BCUT2D eigenvalue weighted by molar-refractivity contribution is 9.10. The van der Waals surface area contributed by atoms with Crippen molar-refractivity contribution >= 4 is 37.9 Å². The molecule has 0 atom stereocenters. The van der Waals surface area contributed by atoms with Crippen LogP contribution in [-0.4, -0.2) is 56.8 Å². The van der Waals surface area contributed by atoms with E-state index in [0.717, 1.165) is 11.3 Å². The van der Waals surface area contributed by atoms with Crippen LogP contribution in [0.4, 0.5) is 0 Å². The second kappa shape index (κ2) is 8.89. The van der Waals surface area contributed by atoms with E-state index in [1.807, 2.05) is 24.3 Å². The lowest BCUT2D eigenvalue weighted by Crippen LogP contribution is -2.50. The molecule has 0 aromatic heterocycles. The van der Waals surface area contributed by atoms with Gasteiger partial charge in [0.1, 0.15) is 5.75 Å². The van der Waals surface area contributed by atoms with Gasteiger partial charge in [0, 0.05) is 36.7 Å². The zero-order chi connectivity index (χ0) is 20.1. The fourth-order valence-electron chi connectivity index (χ4n) is 2.91. The number of amides is 1. The number of hydrogen-bond acceptors (Lipinski definition) is 4. The maximum atomic E-state index is 12.8. The fraction of sp³-hybridized carbons (Fsp3) is 0.250. The first kappa shape index (κ1) is 20.6. The van der Waals surface area contributed by atoms with E-state index in [4.69, 9.17) is 4.74 Å². The summed E-state index contributed by atoms with van der Waals surface area (Å²) in [6.07, 6.45) is 3.26. The molecule has 0 unspecified atom stereocenters. The van der Waals surface area contributed by atoms with Crippen LogP contribution in [0.3, 0.4) is 0 Å². The number of rotatable bonds is 5. The normalized spacial score (nSPS) is 15.7. The molecule has 28 heavy (non-hydrogen) atoms. The van der Waals surface area contributed by atoms with Gasteiger partial charge < -0.3 is 9.64 Å². The first-order valence-corrected chi connectivity index (χ1v) is 11.0. The molecule has 8 heteroatoms. The first-order valence-electron chi connectivity index (χ1n) is 8.77. The fourth-order valence-corrected chi connectivity index (χ4v) is 4.93. The van der Waals surface area contributed by atoms with Gasteiger partial charge in [-0.1, -0.05) is 34.1 Å². The van der Waals surface area contributed by atoms with Gasteiger partial charge in [0.2, 0.25) is 15.9 Å². The first-order chi connectivity index (χ1) is 13.4. The second-order valence-corrected chi connectivity index (χ2v) is 9.15. The van der Waals surface area contributed by atoms with Crippen LogP contribution in [0.5, 0.6) is 5.75 Å². The van der Waals surface area contributed by atoms with E-state index in [9.17, 15) is 13.2 Å². The van der Waals surface area contributed by atoms with E-state index in [1.165, 1.54) is 10.4 Å². The van der Waals surface area contributed by atoms with E-state index in [2.05, 4.69) is 15.9 Å². The van der Waals surface area contributed by atoms with Crippen molar-refractivity contribution in [3.63, 3.8) is 0 Å². The maximum absolute atomic E-state index is 12.8. The molecule has 6 nitrogen and oxygen atoms in total. The Morgan fingerprint density at radius 1 is 1.07 bits per heavy atom. The Morgan fingerprint density at radius 2 is 1.75 bits per heavy atom. The highest BCUT2D eigenvalue weighted by Gasteiger charge is 2.29. The summed E-state index contributed by atoms with van der Waals surface area (Å²) in [6.45, 7) is 1.27. The molecule has 2 aromatic rings. The molecule has 1 aliphatic rings. The van der Waals surface area contributed by atoms with Crippen molar-refractivity contribution in [2.24, 2.45) is 0 Å². The average Bonchev–Trinajstić information content (AvgIpc) is 2.72. The Hall–Kier alpha value is -2.16. The van der Waals surface area contributed by atoms with Crippen LogP contribution in [0, 0.1) is 0 Å². The molecule has 1 saturated heterocycles. The smallest absolute Gasteiger partial charge is 0.246 e. The summed E-state index contributed by atoms with van der Waals surface area (Å²) in [5.74, 6) is 0.626. The maximum Gasteiger partial charge on any atom is 0.246 e. The van der Waals surface area contributed by atoms with E-state index in [1.54, 1.807) is 42.4 Å². The number of benzene rings is 2. The number of carbonyl (C=O) groups is 1. The summed E-state index contributed by atoms with van der Waals surface area (Å²) >= 11 is 3.30. The van der Waals surface area contributed by atoms with Crippen molar-refractivity contribution < 1.29 is 17.9 Å². The molecule has 1 heterocycles. The molecular weight excluding hydrogens is 444 g/mol. The predicted octanol–water partition coefficient (Wildman–Crippen LogP) is 3.00. The monoisotopic (exact) mass is 464 g/mol. The quantitative estimate of drug-likeness (QED) is 0.637. The van der Waals surface area contributed by atoms with E-state index in [0.29, 0.717) is 17.6 Å². The minimum Gasteiger partial charge on any atom is -0.497 e.